The van der Waals surface area contributed by atoms with Crippen LogP contribution in [0, 0.1) is 0 Å². The Hall–Kier alpha value is -1.79. The lowest BCUT2D eigenvalue weighted by molar-refractivity contribution is -0.0261. The fourth-order valence-corrected chi connectivity index (χ4v) is 2.64. The molecule has 0 aromatic carbocycles. The zero-order valence-corrected chi connectivity index (χ0v) is 12.6. The zero-order chi connectivity index (χ0) is 15.3. The van der Waals surface area contributed by atoms with Gasteiger partial charge >= 0.3 is 12.1 Å². The molecule has 2 aliphatic heterocycles. The first-order valence-corrected chi connectivity index (χ1v) is 6.73. The van der Waals surface area contributed by atoms with Gasteiger partial charge in [-0.15, -0.1) is 0 Å². The maximum absolute atomic E-state index is 12.0. The highest BCUT2D eigenvalue weighted by Crippen LogP contribution is 2.35. The molecule has 0 aliphatic carbocycles. The van der Waals surface area contributed by atoms with E-state index >= 15 is 0 Å². The molecule has 2 N–H and O–H groups in total. The highest BCUT2D eigenvalue weighted by Gasteiger charge is 2.59. The molecule has 7 heteroatoms. The Kier molecular flexibility index (Phi) is 3.19. The van der Waals surface area contributed by atoms with Crippen molar-refractivity contribution in [2.75, 3.05) is 13.1 Å². The molecule has 0 radical (unpaired) electrons. The van der Waals surface area contributed by atoms with Crippen LogP contribution in [0.4, 0.5) is 9.59 Å². The van der Waals surface area contributed by atoms with E-state index in [0.717, 1.165) is 0 Å². The second-order valence-electron chi connectivity index (χ2n) is 6.61. The average molecular weight is 282 g/mol. The number of aliphatic imine (C=N–C) groups is 1. The Labute approximate surface area is 118 Å². The number of nitrogens with two attached hydrogens (primary N) is 1. The first-order chi connectivity index (χ1) is 9.07. The zero-order valence-electron chi connectivity index (χ0n) is 12.6. The van der Waals surface area contributed by atoms with Crippen molar-refractivity contribution in [2.45, 2.75) is 51.8 Å². The molecule has 3 amide bonds. The minimum absolute atomic E-state index is 0.0203. The van der Waals surface area contributed by atoms with Gasteiger partial charge < -0.3 is 20.3 Å². The largest absolute Gasteiger partial charge is 0.444 e. The molecular formula is C13H22N4O3. The third-order valence-electron chi connectivity index (χ3n) is 3.43. The molecule has 0 aromatic rings. The standard InChI is InChI=1S/C13H22N4O3/c1-8(2)17-10(18)15-9(14)13(17)6-16(7-13)11(19)20-12(3,4)5/h8H,6-7H2,1-5H3,(H2,14,15,18). The summed E-state index contributed by atoms with van der Waals surface area (Å²) in [5.74, 6) is 0.288. The van der Waals surface area contributed by atoms with E-state index in [1.54, 1.807) is 9.80 Å². The predicted molar refractivity (Wildman–Crippen MR) is 74.5 cm³/mol. The third-order valence-corrected chi connectivity index (χ3v) is 3.43. The molecule has 2 rings (SSSR count). The molecule has 0 aromatic heterocycles. The molecule has 0 bridgehead atoms. The van der Waals surface area contributed by atoms with Gasteiger partial charge in [-0.2, -0.15) is 4.99 Å². The summed E-state index contributed by atoms with van der Waals surface area (Å²) < 4.78 is 5.31. The van der Waals surface area contributed by atoms with Crippen LogP contribution in [0.25, 0.3) is 0 Å². The van der Waals surface area contributed by atoms with E-state index in [0.29, 0.717) is 13.1 Å². The lowest BCUT2D eigenvalue weighted by Gasteiger charge is -2.52. The number of likely N-dealkylation sites (tertiary alicyclic amines) is 1. The molecule has 0 atom stereocenters. The second kappa shape index (κ2) is 4.36. The van der Waals surface area contributed by atoms with Gasteiger partial charge in [0.15, 0.2) is 0 Å². The van der Waals surface area contributed by atoms with Crippen molar-refractivity contribution < 1.29 is 14.3 Å². The van der Waals surface area contributed by atoms with E-state index < -0.39 is 11.1 Å². The summed E-state index contributed by atoms with van der Waals surface area (Å²) in [6.07, 6.45) is -0.390. The van der Waals surface area contributed by atoms with Crippen LogP contribution in [-0.2, 0) is 4.74 Å². The van der Waals surface area contributed by atoms with Gasteiger partial charge in [-0.25, -0.2) is 9.59 Å². The Balaban J connectivity index is 2.08. The number of hydrogen-bond acceptors (Lipinski definition) is 4. The van der Waals surface area contributed by atoms with Crippen molar-refractivity contribution in [3.63, 3.8) is 0 Å². The number of amides is 3. The summed E-state index contributed by atoms with van der Waals surface area (Å²) in [5, 5.41) is 0. The summed E-state index contributed by atoms with van der Waals surface area (Å²) in [6.45, 7) is 9.93. The number of carbonyl (C=O) groups excluding carboxylic acids is 2. The van der Waals surface area contributed by atoms with E-state index in [1.165, 1.54) is 0 Å². The third kappa shape index (κ3) is 2.21. The van der Waals surface area contributed by atoms with Crippen molar-refractivity contribution in [3.05, 3.63) is 0 Å². The van der Waals surface area contributed by atoms with Gasteiger partial charge in [0.25, 0.3) is 0 Å². The molecule has 2 aliphatic rings. The predicted octanol–water partition coefficient (Wildman–Crippen LogP) is 1.18. The van der Waals surface area contributed by atoms with Crippen LogP contribution in [0.1, 0.15) is 34.6 Å². The van der Waals surface area contributed by atoms with Crippen LogP contribution in [-0.4, -0.2) is 58.0 Å². The maximum Gasteiger partial charge on any atom is 0.410 e. The van der Waals surface area contributed by atoms with Crippen molar-refractivity contribution in [3.8, 4) is 0 Å². The molecule has 2 heterocycles. The monoisotopic (exact) mass is 282 g/mol. The molecule has 1 fully saturated rings. The van der Waals surface area contributed by atoms with Gasteiger partial charge in [0.1, 0.15) is 17.0 Å². The van der Waals surface area contributed by atoms with Crippen molar-refractivity contribution in [2.24, 2.45) is 10.7 Å². The van der Waals surface area contributed by atoms with Crippen molar-refractivity contribution >= 4 is 18.0 Å². The SMILES string of the molecule is CC(C)N1C(=O)N=C(N)C12CN(C(=O)OC(C)(C)C)C2. The quantitative estimate of drug-likeness (QED) is 0.782. The number of ether oxygens (including phenoxy) is 1. The van der Waals surface area contributed by atoms with Crippen LogP contribution in [0.15, 0.2) is 4.99 Å². The minimum Gasteiger partial charge on any atom is -0.444 e. The van der Waals surface area contributed by atoms with E-state index in [9.17, 15) is 9.59 Å². The Morgan fingerprint density at radius 3 is 2.40 bits per heavy atom. The molecule has 0 saturated carbocycles. The first kappa shape index (κ1) is 14.6. The Morgan fingerprint density at radius 2 is 1.95 bits per heavy atom. The lowest BCUT2D eigenvalue weighted by Crippen LogP contribution is -2.75. The van der Waals surface area contributed by atoms with Crippen LogP contribution in [0.2, 0.25) is 0 Å². The lowest BCUT2D eigenvalue weighted by atomic mass is 9.87. The van der Waals surface area contributed by atoms with E-state index in [2.05, 4.69) is 4.99 Å². The Morgan fingerprint density at radius 1 is 1.40 bits per heavy atom. The van der Waals surface area contributed by atoms with Crippen LogP contribution < -0.4 is 5.73 Å². The van der Waals surface area contributed by atoms with Crippen LogP contribution in [0.5, 0.6) is 0 Å². The van der Waals surface area contributed by atoms with E-state index in [-0.39, 0.29) is 24.0 Å². The maximum atomic E-state index is 12.0. The van der Waals surface area contributed by atoms with Gasteiger partial charge in [0.05, 0.1) is 13.1 Å². The minimum atomic E-state index is -0.651. The molecule has 112 valence electrons. The highest BCUT2D eigenvalue weighted by molar-refractivity contribution is 6.07. The van der Waals surface area contributed by atoms with Gasteiger partial charge in [-0.1, -0.05) is 0 Å². The molecule has 7 nitrogen and oxygen atoms in total. The topological polar surface area (TPSA) is 88.2 Å². The summed E-state index contributed by atoms with van der Waals surface area (Å²) in [6, 6.07) is -0.352. The normalized spacial score (nSPS) is 21.3. The fourth-order valence-electron chi connectivity index (χ4n) is 2.64. The molecule has 1 spiro atoms. The first-order valence-electron chi connectivity index (χ1n) is 6.73. The number of carbonyl (C=O) groups is 2. The summed E-state index contributed by atoms with van der Waals surface area (Å²) >= 11 is 0. The number of rotatable bonds is 1. The number of amidine groups is 1. The van der Waals surface area contributed by atoms with Crippen LogP contribution >= 0.6 is 0 Å². The number of hydrogen-bond donors (Lipinski definition) is 1. The molecule has 20 heavy (non-hydrogen) atoms. The average Bonchev–Trinajstić information content (AvgIpc) is 2.43. The number of urea groups is 1. The summed E-state index contributed by atoms with van der Waals surface area (Å²) in [4.78, 5) is 30.9. The van der Waals surface area contributed by atoms with E-state index in [1.807, 2.05) is 34.6 Å². The fraction of sp³-hybridized carbons (Fsp3) is 0.769. The molecule has 1 saturated heterocycles. The molecule has 0 unspecified atom stereocenters. The summed E-state index contributed by atoms with van der Waals surface area (Å²) in [7, 11) is 0. The van der Waals surface area contributed by atoms with Crippen molar-refractivity contribution in [1.29, 1.82) is 0 Å². The summed E-state index contributed by atoms with van der Waals surface area (Å²) in [5.41, 5.74) is 4.70. The van der Waals surface area contributed by atoms with Gasteiger partial charge in [-0.3, -0.25) is 0 Å². The van der Waals surface area contributed by atoms with Gasteiger partial charge in [0.2, 0.25) is 0 Å². The van der Waals surface area contributed by atoms with Gasteiger partial charge in [-0.05, 0) is 34.6 Å². The highest BCUT2D eigenvalue weighted by atomic mass is 16.6. The van der Waals surface area contributed by atoms with Gasteiger partial charge in [0, 0.05) is 6.04 Å². The smallest absolute Gasteiger partial charge is 0.410 e. The number of nitrogens with zero attached hydrogens (tertiary/aromatic N) is 3. The van der Waals surface area contributed by atoms with Crippen LogP contribution in [0.3, 0.4) is 0 Å². The molecular weight excluding hydrogens is 260 g/mol. The second-order valence-corrected chi connectivity index (χ2v) is 6.61. The Bertz CT molecular complexity index is 472. The van der Waals surface area contributed by atoms with Crippen molar-refractivity contribution in [1.82, 2.24) is 9.80 Å². The van der Waals surface area contributed by atoms with E-state index in [4.69, 9.17) is 10.5 Å².